The van der Waals surface area contributed by atoms with Gasteiger partial charge in [-0.25, -0.2) is 4.79 Å². The van der Waals surface area contributed by atoms with E-state index < -0.39 is 21.9 Å². The van der Waals surface area contributed by atoms with E-state index in [1.807, 2.05) is 32.0 Å². The first-order chi connectivity index (χ1) is 8.34. The first-order valence-corrected chi connectivity index (χ1v) is 5.76. The molecule has 0 saturated heterocycles. The number of nitrogens with one attached hydrogen (secondary N) is 1. The summed E-state index contributed by atoms with van der Waals surface area (Å²) in [5.41, 5.74) is 2.29. The molecule has 1 amide bonds. The van der Waals surface area contributed by atoms with Crippen molar-refractivity contribution in [3.8, 4) is 0 Å². The zero-order chi connectivity index (χ0) is 13.9. The van der Waals surface area contributed by atoms with E-state index in [-0.39, 0.29) is 0 Å². The quantitative estimate of drug-likeness (QED) is 0.840. The van der Waals surface area contributed by atoms with Crippen molar-refractivity contribution in [3.05, 3.63) is 39.4 Å². The number of hydrogen-bond acceptors (Lipinski definition) is 2. The molecule has 18 heavy (non-hydrogen) atoms. The van der Waals surface area contributed by atoms with Gasteiger partial charge in [0.25, 0.3) is 5.91 Å². The van der Waals surface area contributed by atoms with Crippen LogP contribution in [0.2, 0.25) is 0 Å². The van der Waals surface area contributed by atoms with Crippen LogP contribution in [0.3, 0.4) is 0 Å². The Labute approximate surface area is 114 Å². The summed E-state index contributed by atoms with van der Waals surface area (Å²) in [6, 6.07) is 5.49. The van der Waals surface area contributed by atoms with Gasteiger partial charge in [-0.1, -0.05) is 41.4 Å². The minimum Gasteiger partial charge on any atom is -0.477 e. The van der Waals surface area contributed by atoms with Crippen LogP contribution >= 0.6 is 23.2 Å². The lowest BCUT2D eigenvalue weighted by Crippen LogP contribution is -2.15. The van der Waals surface area contributed by atoms with Crippen LogP contribution in [0, 0.1) is 13.8 Å². The number of carboxylic acid groups (broad SMARTS) is 1. The van der Waals surface area contributed by atoms with E-state index in [1.165, 1.54) is 0 Å². The first kappa shape index (κ1) is 14.5. The van der Waals surface area contributed by atoms with Gasteiger partial charge >= 0.3 is 5.97 Å². The fourth-order valence-corrected chi connectivity index (χ4v) is 1.59. The third kappa shape index (κ3) is 3.24. The number of carboxylic acids is 1. The van der Waals surface area contributed by atoms with E-state index in [0.717, 1.165) is 11.1 Å². The highest BCUT2D eigenvalue weighted by molar-refractivity contribution is 6.54. The molecule has 0 bridgehead atoms. The van der Waals surface area contributed by atoms with Crippen LogP contribution in [0.4, 0.5) is 5.69 Å². The third-order valence-electron chi connectivity index (χ3n) is 2.30. The molecule has 1 aromatic rings. The number of amides is 1. The number of hydrogen-bond donors (Lipinski definition) is 2. The topological polar surface area (TPSA) is 66.4 Å². The Morgan fingerprint density at radius 1 is 1.11 bits per heavy atom. The predicted octanol–water partition coefficient (Wildman–Crippen LogP) is 3.02. The summed E-state index contributed by atoms with van der Waals surface area (Å²) in [5.74, 6) is -2.19. The van der Waals surface area contributed by atoms with Crippen molar-refractivity contribution < 1.29 is 14.7 Å². The average Bonchev–Trinajstić information content (AvgIpc) is 2.31. The summed E-state index contributed by atoms with van der Waals surface area (Å²) in [6.45, 7) is 3.64. The molecule has 0 spiro atoms. The van der Waals surface area contributed by atoms with Gasteiger partial charge in [-0.3, -0.25) is 4.79 Å². The molecule has 0 saturated carbocycles. The number of anilines is 1. The maximum absolute atomic E-state index is 11.7. The van der Waals surface area contributed by atoms with E-state index in [2.05, 4.69) is 5.32 Å². The van der Waals surface area contributed by atoms with Crippen LogP contribution in [-0.2, 0) is 9.59 Å². The van der Waals surface area contributed by atoms with Gasteiger partial charge in [0.2, 0.25) is 0 Å². The molecular weight excluding hydrogens is 277 g/mol. The molecule has 0 aliphatic carbocycles. The zero-order valence-electron chi connectivity index (χ0n) is 9.75. The molecule has 0 heterocycles. The lowest BCUT2D eigenvalue weighted by atomic mass is 10.1. The summed E-state index contributed by atoms with van der Waals surface area (Å²) in [5, 5.41) is 9.90. The smallest absolute Gasteiger partial charge is 0.349 e. The highest BCUT2D eigenvalue weighted by atomic mass is 35.5. The Balaban J connectivity index is 3.03. The van der Waals surface area contributed by atoms with Crippen molar-refractivity contribution in [3.63, 3.8) is 0 Å². The maximum atomic E-state index is 11.7. The molecular formula is C12H11Cl2NO3. The highest BCUT2D eigenvalue weighted by Gasteiger charge is 2.18. The number of para-hydroxylation sites is 1. The van der Waals surface area contributed by atoms with Gasteiger partial charge in [0.15, 0.2) is 0 Å². The Morgan fingerprint density at radius 2 is 1.61 bits per heavy atom. The zero-order valence-corrected chi connectivity index (χ0v) is 11.3. The number of aryl methyl sites for hydroxylation is 2. The molecule has 0 aliphatic heterocycles. The van der Waals surface area contributed by atoms with Crippen LogP contribution in [0.1, 0.15) is 11.1 Å². The second kappa shape index (κ2) is 5.89. The van der Waals surface area contributed by atoms with Crippen LogP contribution in [0.15, 0.2) is 28.3 Å². The van der Waals surface area contributed by atoms with E-state index in [1.54, 1.807) is 0 Å². The van der Waals surface area contributed by atoms with Crippen molar-refractivity contribution >= 4 is 40.8 Å². The van der Waals surface area contributed by atoms with Gasteiger partial charge in [0.1, 0.15) is 10.1 Å². The Bertz CT molecular complexity index is 518. The fraction of sp³-hybridized carbons (Fsp3) is 0.167. The minimum absolute atomic E-state index is 0.549. The molecule has 0 aliphatic rings. The van der Waals surface area contributed by atoms with Gasteiger partial charge in [0.05, 0.1) is 0 Å². The molecule has 96 valence electrons. The molecule has 0 fully saturated rings. The molecule has 1 rings (SSSR count). The Kier molecular flexibility index (Phi) is 4.76. The van der Waals surface area contributed by atoms with Gasteiger partial charge < -0.3 is 10.4 Å². The number of carbonyl (C=O) groups excluding carboxylic acids is 1. The van der Waals surface area contributed by atoms with Crippen molar-refractivity contribution in [2.24, 2.45) is 0 Å². The second-order valence-electron chi connectivity index (χ2n) is 3.65. The van der Waals surface area contributed by atoms with Gasteiger partial charge in [-0.15, -0.1) is 0 Å². The number of rotatable bonds is 3. The second-order valence-corrected chi connectivity index (χ2v) is 4.41. The number of aliphatic carboxylic acids is 1. The Hall–Kier alpha value is -1.52. The maximum Gasteiger partial charge on any atom is 0.349 e. The standard InChI is InChI=1S/C12H11Cl2NO3/c1-6-4-3-5-7(2)10(6)15-11(16)8(13)9(14)12(17)18/h3-5H,1-2H3,(H,15,16)(H,17,18). The largest absolute Gasteiger partial charge is 0.477 e. The van der Waals surface area contributed by atoms with Crippen LogP contribution in [0.25, 0.3) is 0 Å². The number of benzene rings is 1. The van der Waals surface area contributed by atoms with E-state index >= 15 is 0 Å². The molecule has 4 nitrogen and oxygen atoms in total. The summed E-state index contributed by atoms with van der Waals surface area (Å²) in [7, 11) is 0. The minimum atomic E-state index is -1.45. The summed E-state index contributed by atoms with van der Waals surface area (Å²) in [6.07, 6.45) is 0. The average molecular weight is 288 g/mol. The molecule has 0 aromatic heterocycles. The third-order valence-corrected chi connectivity index (χ3v) is 3.11. The molecule has 2 N–H and O–H groups in total. The lowest BCUT2D eigenvalue weighted by Gasteiger charge is -2.11. The molecule has 6 heteroatoms. The number of halogens is 2. The van der Waals surface area contributed by atoms with Crippen LogP contribution < -0.4 is 5.32 Å². The summed E-state index contributed by atoms with van der Waals surface area (Å²) in [4.78, 5) is 22.3. The fourth-order valence-electron chi connectivity index (χ4n) is 1.37. The molecule has 0 radical (unpaired) electrons. The van der Waals surface area contributed by atoms with Crippen molar-refractivity contribution in [2.75, 3.05) is 5.32 Å². The molecule has 1 aromatic carbocycles. The van der Waals surface area contributed by atoms with E-state index in [9.17, 15) is 9.59 Å². The normalized spacial score (nSPS) is 11.8. The van der Waals surface area contributed by atoms with E-state index in [0.29, 0.717) is 5.69 Å². The van der Waals surface area contributed by atoms with Crippen molar-refractivity contribution in [2.45, 2.75) is 13.8 Å². The highest BCUT2D eigenvalue weighted by Crippen LogP contribution is 2.22. The van der Waals surface area contributed by atoms with Gasteiger partial charge in [0, 0.05) is 5.69 Å². The first-order valence-electron chi connectivity index (χ1n) is 5.00. The van der Waals surface area contributed by atoms with E-state index in [4.69, 9.17) is 28.3 Å². The Morgan fingerprint density at radius 3 is 2.06 bits per heavy atom. The van der Waals surface area contributed by atoms with Crippen molar-refractivity contribution in [1.29, 1.82) is 0 Å². The van der Waals surface area contributed by atoms with Crippen LogP contribution in [-0.4, -0.2) is 17.0 Å². The van der Waals surface area contributed by atoms with Gasteiger partial charge in [-0.05, 0) is 25.0 Å². The van der Waals surface area contributed by atoms with Crippen molar-refractivity contribution in [1.82, 2.24) is 0 Å². The summed E-state index contributed by atoms with van der Waals surface area (Å²) < 4.78 is 0. The molecule has 0 atom stereocenters. The predicted molar refractivity (Wildman–Crippen MR) is 70.9 cm³/mol. The monoisotopic (exact) mass is 287 g/mol. The SMILES string of the molecule is Cc1cccc(C)c1NC(=O)C(Cl)=C(Cl)C(=O)O. The van der Waals surface area contributed by atoms with Crippen LogP contribution in [0.5, 0.6) is 0 Å². The summed E-state index contributed by atoms with van der Waals surface area (Å²) >= 11 is 11.0. The molecule has 0 unspecified atom stereocenters. The van der Waals surface area contributed by atoms with Gasteiger partial charge in [-0.2, -0.15) is 0 Å². The lowest BCUT2D eigenvalue weighted by molar-refractivity contribution is -0.132. The number of carbonyl (C=O) groups is 2.